The largest absolute Gasteiger partial charge is 0.413 e. The molecule has 0 aromatic heterocycles. The van der Waals surface area contributed by atoms with Crippen LogP contribution in [0.1, 0.15) is 80.1 Å². The Balaban J connectivity index is 1.94. The van der Waals surface area contributed by atoms with Crippen molar-refractivity contribution in [3.63, 3.8) is 0 Å². The van der Waals surface area contributed by atoms with Crippen molar-refractivity contribution in [3.8, 4) is 0 Å². The van der Waals surface area contributed by atoms with Gasteiger partial charge in [0, 0.05) is 0 Å². The van der Waals surface area contributed by atoms with Crippen LogP contribution in [0.4, 0.5) is 0 Å². The van der Waals surface area contributed by atoms with Gasteiger partial charge in [-0.25, -0.2) is 0 Å². The molecule has 0 amide bonds. The standard InChI is InChI=1S/C20H38OSi/c1-15-10-13-20-12-9-11-19(15,20)14-16(18(20,5)6)21-22(7,8)17(2,3)4/h15-16H,9-14H2,1-8H3/t15-,16?,19-,20-/m1/s1. The van der Waals surface area contributed by atoms with Gasteiger partial charge < -0.3 is 4.43 Å². The lowest BCUT2D eigenvalue weighted by Gasteiger charge is -2.48. The van der Waals surface area contributed by atoms with Gasteiger partial charge in [0.1, 0.15) is 0 Å². The smallest absolute Gasteiger partial charge is 0.192 e. The Hall–Kier alpha value is 0.177. The van der Waals surface area contributed by atoms with E-state index in [1.165, 1.54) is 38.5 Å². The predicted octanol–water partition coefficient (Wildman–Crippen LogP) is 6.39. The number of hydrogen-bond donors (Lipinski definition) is 0. The molecule has 22 heavy (non-hydrogen) atoms. The van der Waals surface area contributed by atoms with Crippen molar-refractivity contribution < 1.29 is 4.43 Å². The van der Waals surface area contributed by atoms with Gasteiger partial charge in [0.25, 0.3) is 0 Å². The molecule has 0 heterocycles. The predicted molar refractivity (Wildman–Crippen MR) is 97.6 cm³/mol. The summed E-state index contributed by atoms with van der Waals surface area (Å²) in [5.74, 6) is 0.905. The fraction of sp³-hybridized carbons (Fsp3) is 1.00. The van der Waals surface area contributed by atoms with Gasteiger partial charge >= 0.3 is 0 Å². The maximum absolute atomic E-state index is 7.03. The van der Waals surface area contributed by atoms with E-state index in [-0.39, 0.29) is 0 Å². The highest BCUT2D eigenvalue weighted by Crippen LogP contribution is 2.79. The summed E-state index contributed by atoms with van der Waals surface area (Å²) >= 11 is 0. The fourth-order valence-corrected chi connectivity index (χ4v) is 7.87. The van der Waals surface area contributed by atoms with Crippen molar-refractivity contribution in [2.24, 2.45) is 22.2 Å². The molecule has 0 spiro atoms. The van der Waals surface area contributed by atoms with Gasteiger partial charge in [-0.2, -0.15) is 0 Å². The van der Waals surface area contributed by atoms with Crippen LogP contribution in [0.25, 0.3) is 0 Å². The first-order chi connectivity index (χ1) is 9.90. The average Bonchev–Trinajstić information content (AvgIpc) is 2.90. The zero-order valence-electron chi connectivity index (χ0n) is 16.3. The Bertz CT molecular complexity index is 461. The highest BCUT2D eigenvalue weighted by molar-refractivity contribution is 6.74. The Morgan fingerprint density at radius 1 is 1.05 bits per heavy atom. The van der Waals surface area contributed by atoms with Crippen molar-refractivity contribution in [2.45, 2.75) is 104 Å². The lowest BCUT2D eigenvalue weighted by molar-refractivity contribution is -0.00830. The molecule has 0 saturated heterocycles. The molecule has 0 bridgehead atoms. The molecule has 0 aliphatic heterocycles. The zero-order chi connectivity index (χ0) is 16.6. The van der Waals surface area contributed by atoms with E-state index in [4.69, 9.17) is 4.43 Å². The van der Waals surface area contributed by atoms with Crippen LogP contribution >= 0.6 is 0 Å². The lowest BCUT2D eigenvalue weighted by atomic mass is 9.59. The minimum Gasteiger partial charge on any atom is -0.413 e. The molecule has 4 atom stereocenters. The molecule has 2 heteroatoms. The summed E-state index contributed by atoms with van der Waals surface area (Å²) in [4.78, 5) is 0. The van der Waals surface area contributed by atoms with E-state index in [0.29, 0.717) is 27.4 Å². The second-order valence-electron chi connectivity index (χ2n) is 10.8. The van der Waals surface area contributed by atoms with Crippen LogP contribution in [0.3, 0.4) is 0 Å². The summed E-state index contributed by atoms with van der Waals surface area (Å²) in [6, 6.07) is 0. The molecule has 3 aliphatic carbocycles. The van der Waals surface area contributed by atoms with E-state index in [2.05, 4.69) is 54.6 Å². The molecule has 0 N–H and O–H groups in total. The van der Waals surface area contributed by atoms with Crippen LogP contribution in [0.5, 0.6) is 0 Å². The first-order valence-electron chi connectivity index (χ1n) is 9.58. The molecule has 1 unspecified atom stereocenters. The van der Waals surface area contributed by atoms with Gasteiger partial charge in [0.05, 0.1) is 6.10 Å². The van der Waals surface area contributed by atoms with Crippen molar-refractivity contribution >= 4 is 8.32 Å². The van der Waals surface area contributed by atoms with Gasteiger partial charge in [-0.1, -0.05) is 48.0 Å². The van der Waals surface area contributed by atoms with Crippen LogP contribution in [0, 0.1) is 22.2 Å². The second-order valence-corrected chi connectivity index (χ2v) is 15.6. The topological polar surface area (TPSA) is 9.23 Å². The summed E-state index contributed by atoms with van der Waals surface area (Å²) in [6.45, 7) is 19.6. The van der Waals surface area contributed by atoms with E-state index >= 15 is 0 Å². The third-order valence-electron chi connectivity index (χ3n) is 8.96. The van der Waals surface area contributed by atoms with Gasteiger partial charge in [0.15, 0.2) is 8.32 Å². The monoisotopic (exact) mass is 322 g/mol. The van der Waals surface area contributed by atoms with Gasteiger partial charge in [0.2, 0.25) is 0 Å². The highest BCUT2D eigenvalue weighted by atomic mass is 28.4. The Labute approximate surface area is 139 Å². The van der Waals surface area contributed by atoms with Crippen LogP contribution < -0.4 is 0 Å². The molecule has 3 saturated carbocycles. The molecule has 3 rings (SSSR count). The van der Waals surface area contributed by atoms with Gasteiger partial charge in [-0.15, -0.1) is 0 Å². The Morgan fingerprint density at radius 3 is 2.23 bits per heavy atom. The first kappa shape index (κ1) is 17.0. The van der Waals surface area contributed by atoms with Crippen molar-refractivity contribution in [2.75, 3.05) is 0 Å². The summed E-state index contributed by atoms with van der Waals surface area (Å²) in [6.07, 6.45) is 9.12. The summed E-state index contributed by atoms with van der Waals surface area (Å²) in [5, 5.41) is 0.316. The maximum atomic E-state index is 7.03. The average molecular weight is 323 g/mol. The van der Waals surface area contributed by atoms with E-state index in [1.807, 2.05) is 0 Å². The molecule has 0 aromatic carbocycles. The van der Waals surface area contributed by atoms with Gasteiger partial charge in [-0.05, 0) is 72.4 Å². The van der Waals surface area contributed by atoms with Crippen molar-refractivity contribution in [1.29, 1.82) is 0 Å². The lowest BCUT2D eigenvalue weighted by Crippen LogP contribution is -2.49. The third-order valence-corrected chi connectivity index (χ3v) is 13.4. The molecular weight excluding hydrogens is 284 g/mol. The van der Waals surface area contributed by atoms with Crippen LogP contribution in [0.15, 0.2) is 0 Å². The van der Waals surface area contributed by atoms with Crippen LogP contribution in [-0.4, -0.2) is 14.4 Å². The van der Waals surface area contributed by atoms with E-state index < -0.39 is 8.32 Å². The minimum absolute atomic E-state index is 0.316. The highest BCUT2D eigenvalue weighted by Gasteiger charge is 2.73. The molecule has 3 aliphatic rings. The van der Waals surface area contributed by atoms with Crippen molar-refractivity contribution in [1.82, 2.24) is 0 Å². The van der Waals surface area contributed by atoms with Crippen LogP contribution in [-0.2, 0) is 4.43 Å². The maximum Gasteiger partial charge on any atom is 0.192 e. The molecule has 0 radical (unpaired) electrons. The summed E-state index contributed by atoms with van der Waals surface area (Å²) in [7, 11) is -1.68. The second kappa shape index (κ2) is 4.62. The third kappa shape index (κ3) is 1.86. The van der Waals surface area contributed by atoms with E-state index in [9.17, 15) is 0 Å². The SMILES string of the molecule is C[C@@H]1CC[C@@]23CCC[C@@]12CC(O[Si](C)(C)C(C)(C)C)C3(C)C. The van der Waals surface area contributed by atoms with E-state index in [1.54, 1.807) is 0 Å². The molecule has 128 valence electrons. The van der Waals surface area contributed by atoms with Crippen LogP contribution in [0.2, 0.25) is 18.1 Å². The molecule has 0 aromatic rings. The molecule has 3 fully saturated rings. The number of hydrogen-bond acceptors (Lipinski definition) is 1. The quantitative estimate of drug-likeness (QED) is 0.535. The molecule has 1 nitrogen and oxygen atoms in total. The summed E-state index contributed by atoms with van der Waals surface area (Å²) < 4.78 is 7.03. The van der Waals surface area contributed by atoms with Gasteiger partial charge in [-0.3, -0.25) is 0 Å². The van der Waals surface area contributed by atoms with E-state index in [0.717, 1.165) is 5.92 Å². The Morgan fingerprint density at radius 2 is 1.68 bits per heavy atom. The summed E-state index contributed by atoms with van der Waals surface area (Å²) in [5.41, 5.74) is 1.53. The van der Waals surface area contributed by atoms with Crippen molar-refractivity contribution in [3.05, 3.63) is 0 Å². The molecular formula is C20H38OSi. The Kier molecular flexibility index (Phi) is 3.58. The first-order valence-corrected chi connectivity index (χ1v) is 12.5. The normalized spacial score (nSPS) is 44.2. The number of rotatable bonds is 2. The fourth-order valence-electron chi connectivity index (χ4n) is 6.43. The zero-order valence-corrected chi connectivity index (χ0v) is 17.3. The minimum atomic E-state index is -1.68.